The molecular formula is C14H15F3N2. The van der Waals surface area contributed by atoms with Gasteiger partial charge < -0.3 is 5.32 Å². The predicted molar refractivity (Wildman–Crippen MR) is 70.5 cm³/mol. The van der Waals surface area contributed by atoms with Crippen molar-refractivity contribution >= 4 is 16.6 Å². The number of alkyl halides is 3. The Bertz CT molecular complexity index is 645. The number of hydrogen-bond donors (Lipinski definition) is 1. The topological polar surface area (TPSA) is 24.9 Å². The number of pyridine rings is 1. The number of anilines is 1. The maximum Gasteiger partial charge on any atom is 0.433 e. The van der Waals surface area contributed by atoms with Crippen LogP contribution in [-0.2, 0) is 6.18 Å². The van der Waals surface area contributed by atoms with Crippen molar-refractivity contribution in [3.63, 3.8) is 0 Å². The number of fused-ring (bicyclic) bond motifs is 1. The molecule has 0 aliphatic carbocycles. The van der Waals surface area contributed by atoms with E-state index >= 15 is 0 Å². The Labute approximate surface area is 109 Å². The first-order valence-corrected chi connectivity index (χ1v) is 5.92. The molecule has 0 aliphatic rings. The fourth-order valence-corrected chi connectivity index (χ4v) is 2.46. The minimum absolute atomic E-state index is 0.134. The highest BCUT2D eigenvalue weighted by Gasteiger charge is 2.36. The number of hydrogen-bond acceptors (Lipinski definition) is 2. The lowest BCUT2D eigenvalue weighted by molar-refractivity contribution is -0.141. The molecule has 0 bridgehead atoms. The first-order valence-electron chi connectivity index (χ1n) is 5.92. The molecule has 1 heterocycles. The second kappa shape index (κ2) is 4.40. The largest absolute Gasteiger partial charge is 0.433 e. The van der Waals surface area contributed by atoms with Crippen LogP contribution in [0.5, 0.6) is 0 Å². The van der Waals surface area contributed by atoms with Crippen molar-refractivity contribution in [2.75, 3.05) is 12.4 Å². The number of rotatable bonds is 1. The number of aryl methyl sites for hydroxylation is 2. The highest BCUT2D eigenvalue weighted by atomic mass is 19.4. The van der Waals surface area contributed by atoms with E-state index in [9.17, 15) is 13.2 Å². The Morgan fingerprint density at radius 3 is 2.26 bits per heavy atom. The molecule has 0 unspecified atom stereocenters. The van der Waals surface area contributed by atoms with Gasteiger partial charge in [-0.3, -0.25) is 0 Å². The lowest BCUT2D eigenvalue weighted by Gasteiger charge is -2.17. The summed E-state index contributed by atoms with van der Waals surface area (Å²) in [5.41, 5.74) is 2.00. The molecule has 0 saturated carbocycles. The molecular weight excluding hydrogens is 253 g/mol. The molecule has 1 N–H and O–H groups in total. The Morgan fingerprint density at radius 2 is 1.74 bits per heavy atom. The van der Waals surface area contributed by atoms with Crippen LogP contribution in [0.1, 0.15) is 22.4 Å². The van der Waals surface area contributed by atoms with Crippen LogP contribution in [0.4, 0.5) is 18.9 Å². The molecule has 0 radical (unpaired) electrons. The summed E-state index contributed by atoms with van der Waals surface area (Å²) in [5, 5.41) is 3.62. The van der Waals surface area contributed by atoms with Crippen LogP contribution in [-0.4, -0.2) is 12.0 Å². The van der Waals surface area contributed by atoms with Gasteiger partial charge in [0.15, 0.2) is 0 Å². The van der Waals surface area contributed by atoms with Gasteiger partial charge in [0.25, 0.3) is 0 Å². The van der Waals surface area contributed by atoms with Crippen LogP contribution in [0.2, 0.25) is 0 Å². The maximum atomic E-state index is 13.0. The lowest BCUT2D eigenvalue weighted by atomic mass is 10.0. The number of aromatic nitrogens is 1. The average molecular weight is 268 g/mol. The SMILES string of the molecule is CNc1c(C)c(C(F)(F)F)nc2cc(C)cc(C)c12. The van der Waals surface area contributed by atoms with Gasteiger partial charge in [-0.2, -0.15) is 13.2 Å². The fraction of sp³-hybridized carbons (Fsp3) is 0.357. The molecule has 102 valence electrons. The van der Waals surface area contributed by atoms with E-state index in [2.05, 4.69) is 10.3 Å². The highest BCUT2D eigenvalue weighted by molar-refractivity contribution is 5.96. The predicted octanol–water partition coefficient (Wildman–Crippen LogP) is 4.22. The average Bonchev–Trinajstić information content (AvgIpc) is 2.27. The molecule has 0 saturated heterocycles. The van der Waals surface area contributed by atoms with Gasteiger partial charge >= 0.3 is 6.18 Å². The zero-order valence-electron chi connectivity index (χ0n) is 11.2. The monoisotopic (exact) mass is 268 g/mol. The third-order valence-corrected chi connectivity index (χ3v) is 3.19. The van der Waals surface area contributed by atoms with Crippen LogP contribution < -0.4 is 5.32 Å². The van der Waals surface area contributed by atoms with Gasteiger partial charge in [0.2, 0.25) is 0 Å². The quantitative estimate of drug-likeness (QED) is 0.837. The van der Waals surface area contributed by atoms with Gasteiger partial charge in [-0.1, -0.05) is 6.07 Å². The van der Waals surface area contributed by atoms with E-state index in [-0.39, 0.29) is 5.56 Å². The third kappa shape index (κ3) is 2.25. The number of halogens is 3. The van der Waals surface area contributed by atoms with Crippen molar-refractivity contribution in [1.29, 1.82) is 0 Å². The van der Waals surface area contributed by atoms with Gasteiger partial charge in [-0.05, 0) is 38.0 Å². The lowest BCUT2D eigenvalue weighted by Crippen LogP contribution is -2.13. The summed E-state index contributed by atoms with van der Waals surface area (Å²) < 4.78 is 39.0. The molecule has 0 aliphatic heterocycles. The van der Waals surface area contributed by atoms with Crippen molar-refractivity contribution in [3.05, 3.63) is 34.5 Å². The molecule has 1 aromatic heterocycles. The summed E-state index contributed by atoms with van der Waals surface area (Å²) in [6.07, 6.45) is -4.44. The molecule has 19 heavy (non-hydrogen) atoms. The molecule has 2 rings (SSSR count). The fourth-order valence-electron chi connectivity index (χ4n) is 2.46. The van der Waals surface area contributed by atoms with E-state index in [0.29, 0.717) is 11.2 Å². The molecule has 2 aromatic rings. The summed E-state index contributed by atoms with van der Waals surface area (Å²) in [4.78, 5) is 3.81. The number of benzene rings is 1. The van der Waals surface area contributed by atoms with Gasteiger partial charge in [0, 0.05) is 23.7 Å². The summed E-state index contributed by atoms with van der Waals surface area (Å²) in [6.45, 7) is 5.17. The van der Waals surface area contributed by atoms with E-state index in [1.54, 1.807) is 13.1 Å². The molecule has 5 heteroatoms. The summed E-state index contributed by atoms with van der Waals surface area (Å²) in [6, 6.07) is 3.62. The molecule has 1 aromatic carbocycles. The first kappa shape index (κ1) is 13.6. The third-order valence-electron chi connectivity index (χ3n) is 3.19. The normalized spacial score (nSPS) is 11.9. The smallest absolute Gasteiger partial charge is 0.387 e. The van der Waals surface area contributed by atoms with Crippen LogP contribution in [0.25, 0.3) is 10.9 Å². The standard InChI is InChI=1S/C14H15F3N2/c1-7-5-8(2)11-10(6-7)19-13(14(15,16)17)9(3)12(11)18-4/h5-6H,1-4H3,(H,18,19). The Morgan fingerprint density at radius 1 is 1.11 bits per heavy atom. The maximum absolute atomic E-state index is 13.0. The van der Waals surface area contributed by atoms with Gasteiger partial charge in [-0.25, -0.2) is 4.98 Å². The van der Waals surface area contributed by atoms with Crippen LogP contribution in [0.3, 0.4) is 0 Å². The van der Waals surface area contributed by atoms with Crippen molar-refractivity contribution < 1.29 is 13.2 Å². The van der Waals surface area contributed by atoms with Crippen LogP contribution >= 0.6 is 0 Å². The van der Waals surface area contributed by atoms with E-state index < -0.39 is 11.9 Å². The second-order valence-corrected chi connectivity index (χ2v) is 4.68. The zero-order chi connectivity index (χ0) is 14.4. The second-order valence-electron chi connectivity index (χ2n) is 4.68. The van der Waals surface area contributed by atoms with E-state index in [4.69, 9.17) is 0 Å². The van der Waals surface area contributed by atoms with E-state index in [1.165, 1.54) is 6.92 Å². The molecule has 0 atom stereocenters. The van der Waals surface area contributed by atoms with E-state index in [0.717, 1.165) is 16.5 Å². The van der Waals surface area contributed by atoms with Crippen molar-refractivity contribution in [3.8, 4) is 0 Å². The highest BCUT2D eigenvalue weighted by Crippen LogP contribution is 2.38. The number of nitrogens with one attached hydrogen (secondary N) is 1. The summed E-state index contributed by atoms with van der Waals surface area (Å²) in [5.74, 6) is 0. The Kier molecular flexibility index (Phi) is 3.16. The molecule has 0 amide bonds. The minimum atomic E-state index is -4.44. The van der Waals surface area contributed by atoms with Crippen LogP contribution in [0.15, 0.2) is 12.1 Å². The molecule has 2 nitrogen and oxygen atoms in total. The van der Waals surface area contributed by atoms with Crippen molar-refractivity contribution in [1.82, 2.24) is 4.98 Å². The van der Waals surface area contributed by atoms with Gasteiger partial charge in [0.05, 0.1) is 5.52 Å². The minimum Gasteiger partial charge on any atom is -0.387 e. The van der Waals surface area contributed by atoms with Gasteiger partial charge in [-0.15, -0.1) is 0 Å². The molecule has 0 fully saturated rings. The first-order chi connectivity index (χ1) is 8.75. The van der Waals surface area contributed by atoms with E-state index in [1.807, 2.05) is 19.9 Å². The van der Waals surface area contributed by atoms with Crippen molar-refractivity contribution in [2.45, 2.75) is 26.9 Å². The Hall–Kier alpha value is -1.78. The van der Waals surface area contributed by atoms with Crippen molar-refractivity contribution in [2.24, 2.45) is 0 Å². The number of nitrogens with zero attached hydrogens (tertiary/aromatic N) is 1. The Balaban J connectivity index is 2.95. The zero-order valence-corrected chi connectivity index (χ0v) is 11.2. The van der Waals surface area contributed by atoms with Crippen LogP contribution in [0, 0.1) is 20.8 Å². The van der Waals surface area contributed by atoms with Gasteiger partial charge in [0.1, 0.15) is 5.69 Å². The molecule has 0 spiro atoms. The summed E-state index contributed by atoms with van der Waals surface area (Å²) in [7, 11) is 1.63. The summed E-state index contributed by atoms with van der Waals surface area (Å²) >= 11 is 0.